The molecular formula is C13H18N4O3. The molecule has 0 saturated heterocycles. The van der Waals surface area contributed by atoms with Gasteiger partial charge in [-0.25, -0.2) is 14.8 Å². The Labute approximate surface area is 116 Å². The zero-order valence-electron chi connectivity index (χ0n) is 11.1. The molecule has 1 amide bonds. The highest BCUT2D eigenvalue weighted by Gasteiger charge is 2.24. The van der Waals surface area contributed by atoms with Crippen molar-refractivity contribution in [1.82, 2.24) is 15.3 Å². The molecule has 0 radical (unpaired) electrons. The van der Waals surface area contributed by atoms with Crippen LogP contribution in [0.4, 0.5) is 5.82 Å². The van der Waals surface area contributed by atoms with E-state index in [1.54, 1.807) is 0 Å². The number of carbonyl (C=O) groups is 2. The van der Waals surface area contributed by atoms with Gasteiger partial charge in [-0.05, 0) is 19.3 Å². The molecule has 0 aliphatic heterocycles. The molecule has 1 fully saturated rings. The molecule has 1 aromatic heterocycles. The van der Waals surface area contributed by atoms with Gasteiger partial charge in [-0.2, -0.15) is 0 Å². The number of amides is 1. The SMILES string of the molecule is O=C(O)c1cnc(NCCCNC(=O)C2CCC2)cn1. The first-order chi connectivity index (χ1) is 9.66. The quantitative estimate of drug-likeness (QED) is 0.640. The number of aromatic nitrogens is 2. The van der Waals surface area contributed by atoms with Gasteiger partial charge >= 0.3 is 5.97 Å². The first-order valence-corrected chi connectivity index (χ1v) is 6.74. The molecule has 1 heterocycles. The predicted octanol–water partition coefficient (Wildman–Crippen LogP) is 0.893. The van der Waals surface area contributed by atoms with Gasteiger partial charge in [0.15, 0.2) is 5.69 Å². The van der Waals surface area contributed by atoms with Gasteiger partial charge in [0.05, 0.1) is 12.4 Å². The first-order valence-electron chi connectivity index (χ1n) is 6.74. The van der Waals surface area contributed by atoms with Crippen LogP contribution in [0.5, 0.6) is 0 Å². The summed E-state index contributed by atoms with van der Waals surface area (Å²) in [5, 5.41) is 14.6. The average molecular weight is 278 g/mol. The van der Waals surface area contributed by atoms with Gasteiger partial charge in [0.25, 0.3) is 0 Å². The molecule has 3 N–H and O–H groups in total. The lowest BCUT2D eigenvalue weighted by Crippen LogP contribution is -2.35. The fraction of sp³-hybridized carbons (Fsp3) is 0.538. The van der Waals surface area contributed by atoms with Crippen molar-refractivity contribution in [1.29, 1.82) is 0 Å². The number of anilines is 1. The third-order valence-electron chi connectivity index (χ3n) is 3.31. The van der Waals surface area contributed by atoms with Gasteiger partial charge in [-0.1, -0.05) is 6.42 Å². The van der Waals surface area contributed by atoms with E-state index in [4.69, 9.17) is 5.11 Å². The van der Waals surface area contributed by atoms with E-state index in [1.165, 1.54) is 12.4 Å². The van der Waals surface area contributed by atoms with E-state index >= 15 is 0 Å². The summed E-state index contributed by atoms with van der Waals surface area (Å²) >= 11 is 0. The van der Waals surface area contributed by atoms with Crippen LogP contribution >= 0.6 is 0 Å². The number of hydrogen-bond donors (Lipinski definition) is 3. The van der Waals surface area contributed by atoms with Gasteiger partial charge in [0.1, 0.15) is 5.82 Å². The number of carbonyl (C=O) groups excluding carboxylic acids is 1. The number of rotatable bonds is 7. The molecule has 2 rings (SSSR count). The molecule has 1 aromatic rings. The van der Waals surface area contributed by atoms with Crippen molar-refractivity contribution in [2.24, 2.45) is 5.92 Å². The normalized spacial score (nSPS) is 14.4. The van der Waals surface area contributed by atoms with Gasteiger partial charge in [-0.3, -0.25) is 4.79 Å². The minimum absolute atomic E-state index is 0.0803. The van der Waals surface area contributed by atoms with Crippen LogP contribution in [0, 0.1) is 5.92 Å². The van der Waals surface area contributed by atoms with Crippen LogP contribution in [0.2, 0.25) is 0 Å². The maximum Gasteiger partial charge on any atom is 0.356 e. The number of carboxylic acids is 1. The average Bonchev–Trinajstić information content (AvgIpc) is 2.37. The number of aromatic carboxylic acids is 1. The van der Waals surface area contributed by atoms with Crippen molar-refractivity contribution in [2.75, 3.05) is 18.4 Å². The highest BCUT2D eigenvalue weighted by molar-refractivity contribution is 5.84. The minimum atomic E-state index is -1.09. The van der Waals surface area contributed by atoms with Crippen molar-refractivity contribution in [2.45, 2.75) is 25.7 Å². The largest absolute Gasteiger partial charge is 0.476 e. The van der Waals surface area contributed by atoms with E-state index in [1.807, 2.05) is 0 Å². The zero-order chi connectivity index (χ0) is 14.4. The van der Waals surface area contributed by atoms with Crippen LogP contribution < -0.4 is 10.6 Å². The molecular weight excluding hydrogens is 260 g/mol. The highest BCUT2D eigenvalue weighted by atomic mass is 16.4. The second-order valence-corrected chi connectivity index (χ2v) is 4.79. The van der Waals surface area contributed by atoms with Crippen LogP contribution in [0.15, 0.2) is 12.4 Å². The van der Waals surface area contributed by atoms with Crippen LogP contribution in [0.1, 0.15) is 36.2 Å². The summed E-state index contributed by atoms with van der Waals surface area (Å²) in [5.74, 6) is -0.192. The van der Waals surface area contributed by atoms with E-state index < -0.39 is 5.97 Å². The Kier molecular flexibility index (Phi) is 4.86. The standard InChI is InChI=1S/C13H18N4O3/c18-12(9-3-1-4-9)15-6-2-5-14-11-8-16-10(7-17-11)13(19)20/h7-9H,1-6H2,(H,14,17)(H,15,18)(H,19,20). The Morgan fingerprint density at radius 2 is 2.05 bits per heavy atom. The molecule has 1 aliphatic carbocycles. The van der Waals surface area contributed by atoms with E-state index in [0.29, 0.717) is 18.9 Å². The monoisotopic (exact) mass is 278 g/mol. The molecule has 1 aliphatic rings. The van der Waals surface area contributed by atoms with Crippen molar-refractivity contribution in [3.05, 3.63) is 18.1 Å². The molecule has 0 spiro atoms. The maximum absolute atomic E-state index is 11.6. The van der Waals surface area contributed by atoms with Gasteiger partial charge < -0.3 is 15.7 Å². The van der Waals surface area contributed by atoms with E-state index in [2.05, 4.69) is 20.6 Å². The Balaban J connectivity index is 1.60. The molecule has 0 aromatic carbocycles. The molecule has 0 unspecified atom stereocenters. The first kappa shape index (κ1) is 14.2. The zero-order valence-corrected chi connectivity index (χ0v) is 11.1. The number of nitrogens with one attached hydrogen (secondary N) is 2. The topological polar surface area (TPSA) is 104 Å². The summed E-state index contributed by atoms with van der Waals surface area (Å²) in [6, 6.07) is 0. The van der Waals surface area contributed by atoms with Gasteiger partial charge in [-0.15, -0.1) is 0 Å². The van der Waals surface area contributed by atoms with E-state index in [-0.39, 0.29) is 17.5 Å². The maximum atomic E-state index is 11.6. The van der Waals surface area contributed by atoms with Crippen molar-refractivity contribution in [3.63, 3.8) is 0 Å². The molecule has 108 valence electrons. The molecule has 7 heteroatoms. The lowest BCUT2D eigenvalue weighted by Gasteiger charge is -2.23. The van der Waals surface area contributed by atoms with E-state index in [0.717, 1.165) is 25.7 Å². The predicted molar refractivity (Wildman–Crippen MR) is 72.4 cm³/mol. The van der Waals surface area contributed by atoms with Gasteiger partial charge in [0.2, 0.25) is 5.91 Å². The smallest absolute Gasteiger partial charge is 0.356 e. The lowest BCUT2D eigenvalue weighted by molar-refractivity contribution is -0.127. The Hall–Kier alpha value is -2.18. The molecule has 0 bridgehead atoms. The van der Waals surface area contributed by atoms with Crippen LogP contribution in [0.3, 0.4) is 0 Å². The molecule has 20 heavy (non-hydrogen) atoms. The highest BCUT2D eigenvalue weighted by Crippen LogP contribution is 2.25. The number of hydrogen-bond acceptors (Lipinski definition) is 5. The van der Waals surface area contributed by atoms with Crippen LogP contribution in [0.25, 0.3) is 0 Å². The lowest BCUT2D eigenvalue weighted by atomic mass is 9.85. The third kappa shape index (κ3) is 3.91. The third-order valence-corrected chi connectivity index (χ3v) is 3.31. The number of nitrogens with zero attached hydrogens (tertiary/aromatic N) is 2. The summed E-state index contributed by atoms with van der Waals surface area (Å²) in [6.07, 6.45) is 6.55. The van der Waals surface area contributed by atoms with Gasteiger partial charge in [0, 0.05) is 19.0 Å². The van der Waals surface area contributed by atoms with Crippen LogP contribution in [-0.4, -0.2) is 40.0 Å². The Morgan fingerprint density at radius 1 is 1.25 bits per heavy atom. The fourth-order valence-corrected chi connectivity index (χ4v) is 1.86. The second kappa shape index (κ2) is 6.83. The van der Waals surface area contributed by atoms with Crippen molar-refractivity contribution < 1.29 is 14.7 Å². The molecule has 7 nitrogen and oxygen atoms in total. The fourth-order valence-electron chi connectivity index (χ4n) is 1.86. The van der Waals surface area contributed by atoms with Crippen LogP contribution in [-0.2, 0) is 4.79 Å². The summed E-state index contributed by atoms with van der Waals surface area (Å²) in [5.41, 5.74) is -0.0803. The Bertz CT molecular complexity index is 471. The second-order valence-electron chi connectivity index (χ2n) is 4.79. The summed E-state index contributed by atoms with van der Waals surface area (Å²) < 4.78 is 0. The summed E-state index contributed by atoms with van der Waals surface area (Å²) in [6.45, 7) is 1.27. The Morgan fingerprint density at radius 3 is 2.60 bits per heavy atom. The summed E-state index contributed by atoms with van der Waals surface area (Å²) in [7, 11) is 0. The molecule has 1 saturated carbocycles. The van der Waals surface area contributed by atoms with Crippen molar-refractivity contribution >= 4 is 17.7 Å². The van der Waals surface area contributed by atoms with E-state index in [9.17, 15) is 9.59 Å². The number of carboxylic acid groups (broad SMARTS) is 1. The molecule has 0 atom stereocenters. The summed E-state index contributed by atoms with van der Waals surface area (Å²) in [4.78, 5) is 29.8. The minimum Gasteiger partial charge on any atom is -0.476 e. The van der Waals surface area contributed by atoms with Crippen molar-refractivity contribution in [3.8, 4) is 0 Å².